The lowest BCUT2D eigenvalue weighted by atomic mass is 9.77. The van der Waals surface area contributed by atoms with Crippen LogP contribution < -0.4 is 16.4 Å². The van der Waals surface area contributed by atoms with Crippen molar-refractivity contribution in [2.24, 2.45) is 5.73 Å². The number of Topliss-reactive ketones (excluding diaryl/α,β-unsaturated/α-hetero) is 1. The average Bonchev–Trinajstić information content (AvgIpc) is 2.68. The number of nitrogens with zero attached hydrogens (tertiary/aromatic N) is 1. The molecule has 0 saturated heterocycles. The molecule has 0 spiro atoms. The highest BCUT2D eigenvalue weighted by Gasteiger charge is 2.32. The fourth-order valence-corrected chi connectivity index (χ4v) is 3.86. The number of para-hydroxylation sites is 1. The SMILES string of the molecule is CN1c2ccccc2C(c2ccc(N)cc2)c2c(C(=O)CN)cccc21. The van der Waals surface area contributed by atoms with Crippen LogP contribution in [0.1, 0.15) is 33.0 Å². The van der Waals surface area contributed by atoms with Crippen molar-refractivity contribution in [3.63, 3.8) is 0 Å². The molecule has 0 aliphatic carbocycles. The zero-order chi connectivity index (χ0) is 18.3. The highest BCUT2D eigenvalue weighted by molar-refractivity contribution is 6.01. The average molecular weight is 343 g/mol. The topological polar surface area (TPSA) is 72.3 Å². The maximum absolute atomic E-state index is 12.6. The number of carbonyl (C=O) groups excluding carboxylic acids is 1. The van der Waals surface area contributed by atoms with Crippen molar-refractivity contribution in [2.75, 3.05) is 24.2 Å². The maximum Gasteiger partial charge on any atom is 0.176 e. The summed E-state index contributed by atoms with van der Waals surface area (Å²) in [6, 6.07) is 22.1. The molecule has 130 valence electrons. The normalized spacial score (nSPS) is 15.3. The first-order valence-electron chi connectivity index (χ1n) is 8.66. The molecule has 4 nitrogen and oxygen atoms in total. The molecule has 1 aliphatic rings. The number of ketones is 1. The van der Waals surface area contributed by atoms with Gasteiger partial charge in [-0.2, -0.15) is 0 Å². The molecule has 3 aromatic carbocycles. The number of hydrogen-bond donors (Lipinski definition) is 2. The number of rotatable bonds is 3. The first kappa shape index (κ1) is 16.4. The van der Waals surface area contributed by atoms with Gasteiger partial charge in [0.05, 0.1) is 6.54 Å². The molecular formula is C22H21N3O. The van der Waals surface area contributed by atoms with Crippen LogP contribution in [-0.4, -0.2) is 19.4 Å². The summed E-state index contributed by atoms with van der Waals surface area (Å²) in [5.74, 6) is -0.0835. The summed E-state index contributed by atoms with van der Waals surface area (Å²) < 4.78 is 0. The Morgan fingerprint density at radius 2 is 1.65 bits per heavy atom. The van der Waals surface area contributed by atoms with E-state index in [1.54, 1.807) is 0 Å². The van der Waals surface area contributed by atoms with Gasteiger partial charge in [0.1, 0.15) is 0 Å². The van der Waals surface area contributed by atoms with E-state index in [1.165, 1.54) is 5.56 Å². The largest absolute Gasteiger partial charge is 0.399 e. The first-order valence-corrected chi connectivity index (χ1v) is 8.66. The second kappa shape index (κ2) is 6.32. The molecule has 4 N–H and O–H groups in total. The first-order chi connectivity index (χ1) is 12.6. The van der Waals surface area contributed by atoms with Crippen LogP contribution in [0.3, 0.4) is 0 Å². The van der Waals surface area contributed by atoms with Crippen LogP contribution in [0.2, 0.25) is 0 Å². The Kier molecular flexibility index (Phi) is 3.98. The summed E-state index contributed by atoms with van der Waals surface area (Å²) in [4.78, 5) is 14.7. The van der Waals surface area contributed by atoms with Crippen molar-refractivity contribution in [1.29, 1.82) is 0 Å². The molecule has 1 unspecified atom stereocenters. The number of nitrogen functional groups attached to an aromatic ring is 1. The van der Waals surface area contributed by atoms with E-state index in [-0.39, 0.29) is 18.2 Å². The second-order valence-electron chi connectivity index (χ2n) is 6.58. The maximum atomic E-state index is 12.6. The Hall–Kier alpha value is -3.11. The van der Waals surface area contributed by atoms with E-state index >= 15 is 0 Å². The molecule has 1 heterocycles. The van der Waals surface area contributed by atoms with Crippen LogP contribution in [-0.2, 0) is 0 Å². The van der Waals surface area contributed by atoms with Crippen molar-refractivity contribution in [1.82, 2.24) is 0 Å². The molecule has 4 rings (SSSR count). The van der Waals surface area contributed by atoms with E-state index < -0.39 is 0 Å². The Morgan fingerprint density at radius 1 is 0.962 bits per heavy atom. The number of carbonyl (C=O) groups is 1. The summed E-state index contributed by atoms with van der Waals surface area (Å²) >= 11 is 0. The summed E-state index contributed by atoms with van der Waals surface area (Å²) in [5.41, 5.74) is 18.4. The van der Waals surface area contributed by atoms with Crippen molar-refractivity contribution in [3.05, 3.63) is 89.0 Å². The Balaban J connectivity index is 2.03. The monoisotopic (exact) mass is 343 g/mol. The summed E-state index contributed by atoms with van der Waals surface area (Å²) in [7, 11) is 2.04. The standard InChI is InChI=1S/C22H21N3O/c1-25-18-7-3-2-5-16(18)21(14-9-11-15(24)12-10-14)22-17(20(26)13-23)6-4-8-19(22)25/h2-12,21H,13,23-24H2,1H3. The van der Waals surface area contributed by atoms with Gasteiger partial charge in [-0.1, -0.05) is 42.5 Å². The molecule has 3 aromatic rings. The Morgan fingerprint density at radius 3 is 2.38 bits per heavy atom. The van der Waals surface area contributed by atoms with Gasteiger partial charge in [-0.25, -0.2) is 0 Å². The lowest BCUT2D eigenvalue weighted by molar-refractivity contribution is 0.100. The van der Waals surface area contributed by atoms with Gasteiger partial charge in [0.25, 0.3) is 0 Å². The van der Waals surface area contributed by atoms with E-state index in [9.17, 15) is 4.79 Å². The quantitative estimate of drug-likeness (QED) is 0.562. The van der Waals surface area contributed by atoms with Gasteiger partial charge in [-0.3, -0.25) is 4.79 Å². The van der Waals surface area contributed by atoms with Gasteiger partial charge < -0.3 is 16.4 Å². The molecule has 0 radical (unpaired) electrons. The minimum absolute atomic E-state index is 0.00370. The molecule has 0 aromatic heterocycles. The lowest BCUT2D eigenvalue weighted by Crippen LogP contribution is -2.26. The van der Waals surface area contributed by atoms with Gasteiger partial charge in [0, 0.05) is 35.6 Å². The number of benzene rings is 3. The van der Waals surface area contributed by atoms with Crippen LogP contribution >= 0.6 is 0 Å². The van der Waals surface area contributed by atoms with Crippen LogP contribution in [0.5, 0.6) is 0 Å². The Labute approximate surface area is 153 Å². The van der Waals surface area contributed by atoms with Gasteiger partial charge in [0.2, 0.25) is 0 Å². The van der Waals surface area contributed by atoms with Crippen LogP contribution in [0.25, 0.3) is 0 Å². The zero-order valence-electron chi connectivity index (χ0n) is 14.6. The van der Waals surface area contributed by atoms with Crippen LogP contribution in [0.15, 0.2) is 66.7 Å². The highest BCUT2D eigenvalue weighted by Crippen LogP contribution is 2.48. The number of nitrogens with two attached hydrogens (primary N) is 2. The highest BCUT2D eigenvalue weighted by atomic mass is 16.1. The van der Waals surface area contributed by atoms with Gasteiger partial charge in [-0.15, -0.1) is 0 Å². The molecule has 0 saturated carbocycles. The lowest BCUT2D eigenvalue weighted by Gasteiger charge is -2.37. The molecule has 4 heteroatoms. The minimum Gasteiger partial charge on any atom is -0.399 e. The van der Waals surface area contributed by atoms with Gasteiger partial charge >= 0.3 is 0 Å². The molecule has 1 atom stereocenters. The summed E-state index contributed by atoms with van der Waals surface area (Å²) in [6.07, 6.45) is 0. The number of anilines is 3. The van der Waals surface area contributed by atoms with Crippen molar-refractivity contribution < 1.29 is 4.79 Å². The predicted octanol–water partition coefficient (Wildman–Crippen LogP) is 3.67. The van der Waals surface area contributed by atoms with Gasteiger partial charge in [0.15, 0.2) is 5.78 Å². The minimum atomic E-state index is -0.0462. The third kappa shape index (κ3) is 2.47. The van der Waals surface area contributed by atoms with Crippen LogP contribution in [0.4, 0.5) is 17.1 Å². The smallest absolute Gasteiger partial charge is 0.176 e. The fourth-order valence-electron chi connectivity index (χ4n) is 3.86. The van der Waals surface area contributed by atoms with E-state index in [1.807, 2.05) is 55.6 Å². The third-order valence-electron chi connectivity index (χ3n) is 5.10. The van der Waals surface area contributed by atoms with Crippen LogP contribution in [0, 0.1) is 0 Å². The number of fused-ring (bicyclic) bond motifs is 2. The molecule has 0 fully saturated rings. The molecule has 0 amide bonds. The predicted molar refractivity (Wildman–Crippen MR) is 106 cm³/mol. The second-order valence-corrected chi connectivity index (χ2v) is 6.58. The summed E-state index contributed by atoms with van der Waals surface area (Å²) in [5, 5.41) is 0. The number of hydrogen-bond acceptors (Lipinski definition) is 4. The van der Waals surface area contributed by atoms with Crippen molar-refractivity contribution >= 4 is 22.8 Å². The third-order valence-corrected chi connectivity index (χ3v) is 5.10. The Bertz CT molecular complexity index is 979. The molecule has 26 heavy (non-hydrogen) atoms. The van der Waals surface area contributed by atoms with E-state index in [4.69, 9.17) is 11.5 Å². The zero-order valence-corrected chi connectivity index (χ0v) is 14.6. The van der Waals surface area contributed by atoms with Crippen molar-refractivity contribution in [2.45, 2.75) is 5.92 Å². The molecular weight excluding hydrogens is 322 g/mol. The van der Waals surface area contributed by atoms with Gasteiger partial charge in [-0.05, 0) is 41.0 Å². The van der Waals surface area contributed by atoms with E-state index in [0.29, 0.717) is 5.56 Å². The van der Waals surface area contributed by atoms with E-state index in [0.717, 1.165) is 28.2 Å². The molecule has 0 bridgehead atoms. The molecule has 1 aliphatic heterocycles. The fraction of sp³-hybridized carbons (Fsp3) is 0.136. The van der Waals surface area contributed by atoms with E-state index in [2.05, 4.69) is 23.1 Å². The van der Waals surface area contributed by atoms with Crippen molar-refractivity contribution in [3.8, 4) is 0 Å². The summed E-state index contributed by atoms with van der Waals surface area (Å²) in [6.45, 7) is -0.00370.